The number of nitrogens with two attached hydrogens (primary N) is 1. The minimum Gasteiger partial charge on any atom is -0.370 e. The maximum atomic E-state index is 5.87. The highest BCUT2D eigenvalue weighted by Crippen LogP contribution is 2.13. The van der Waals surface area contributed by atoms with Gasteiger partial charge >= 0.3 is 0 Å². The van der Waals surface area contributed by atoms with E-state index in [4.69, 9.17) is 10.3 Å². The molecular formula is C15H20N4O. The number of nitrogens with one attached hydrogen (secondary N) is 1. The fraction of sp³-hybridized carbons (Fsp3) is 0.333. The third kappa shape index (κ3) is 3.60. The van der Waals surface area contributed by atoms with Crippen molar-refractivity contribution in [3.63, 3.8) is 0 Å². The van der Waals surface area contributed by atoms with Crippen LogP contribution in [0.5, 0.6) is 0 Å². The molecule has 1 aromatic heterocycles. The molecule has 5 nitrogen and oxygen atoms in total. The molecule has 0 aliphatic carbocycles. The van der Waals surface area contributed by atoms with Crippen LogP contribution in [0.2, 0.25) is 0 Å². The fourth-order valence-corrected chi connectivity index (χ4v) is 2.06. The van der Waals surface area contributed by atoms with Crippen molar-refractivity contribution in [2.24, 2.45) is 10.7 Å². The topological polar surface area (TPSA) is 76.4 Å². The van der Waals surface area contributed by atoms with E-state index in [2.05, 4.69) is 15.5 Å². The van der Waals surface area contributed by atoms with Crippen molar-refractivity contribution in [1.82, 2.24) is 5.16 Å². The molecule has 0 spiro atoms. The van der Waals surface area contributed by atoms with E-state index >= 15 is 0 Å². The lowest BCUT2D eigenvalue weighted by molar-refractivity contribution is 0.392. The second-order valence-corrected chi connectivity index (χ2v) is 4.81. The van der Waals surface area contributed by atoms with Gasteiger partial charge in [0.05, 0.1) is 5.69 Å². The Balaban J connectivity index is 1.91. The van der Waals surface area contributed by atoms with Gasteiger partial charge in [-0.05, 0) is 44.9 Å². The van der Waals surface area contributed by atoms with E-state index in [0.717, 1.165) is 29.1 Å². The summed E-state index contributed by atoms with van der Waals surface area (Å²) in [6.07, 6.45) is 0.775. The van der Waals surface area contributed by atoms with Crippen LogP contribution in [0.3, 0.4) is 0 Å². The largest absolute Gasteiger partial charge is 0.370 e. The Bertz CT molecular complexity index is 597. The molecule has 106 valence electrons. The molecule has 0 aliphatic heterocycles. The van der Waals surface area contributed by atoms with E-state index in [-0.39, 0.29) is 0 Å². The summed E-state index contributed by atoms with van der Waals surface area (Å²) in [5.74, 6) is 1.27. The molecule has 0 radical (unpaired) electrons. The molecule has 0 unspecified atom stereocenters. The van der Waals surface area contributed by atoms with E-state index in [1.165, 1.54) is 5.56 Å². The van der Waals surface area contributed by atoms with Gasteiger partial charge < -0.3 is 15.6 Å². The lowest BCUT2D eigenvalue weighted by Crippen LogP contribution is -2.23. The molecule has 0 fully saturated rings. The number of benzene rings is 1. The molecule has 5 heteroatoms. The molecule has 0 saturated heterocycles. The predicted octanol–water partition coefficient (Wildman–Crippen LogP) is 2.57. The second kappa shape index (κ2) is 6.23. The summed E-state index contributed by atoms with van der Waals surface area (Å²) in [6.45, 7) is 6.49. The minimum absolute atomic E-state index is 0.419. The molecule has 2 rings (SSSR count). The number of guanidine groups is 1. The van der Waals surface area contributed by atoms with Gasteiger partial charge in [-0.3, -0.25) is 4.99 Å². The first-order valence-electron chi connectivity index (χ1n) is 6.61. The zero-order chi connectivity index (χ0) is 14.5. The minimum atomic E-state index is 0.419. The molecule has 0 aliphatic rings. The number of rotatable bonds is 4. The predicted molar refractivity (Wildman–Crippen MR) is 81.0 cm³/mol. The van der Waals surface area contributed by atoms with Gasteiger partial charge in [-0.2, -0.15) is 0 Å². The molecule has 2 aromatic rings. The van der Waals surface area contributed by atoms with Crippen molar-refractivity contribution in [3.8, 4) is 0 Å². The van der Waals surface area contributed by atoms with Crippen LogP contribution in [0, 0.1) is 20.8 Å². The van der Waals surface area contributed by atoms with E-state index in [9.17, 15) is 0 Å². The number of anilines is 1. The van der Waals surface area contributed by atoms with E-state index in [0.29, 0.717) is 12.5 Å². The smallest absolute Gasteiger partial charge is 0.193 e. The Hall–Kier alpha value is -2.30. The van der Waals surface area contributed by atoms with E-state index in [1.807, 2.05) is 45.0 Å². The lowest BCUT2D eigenvalue weighted by atomic mass is 10.1. The summed E-state index contributed by atoms with van der Waals surface area (Å²) in [5.41, 5.74) is 10.0. The fourth-order valence-electron chi connectivity index (χ4n) is 2.06. The van der Waals surface area contributed by atoms with Crippen molar-refractivity contribution in [1.29, 1.82) is 0 Å². The lowest BCUT2D eigenvalue weighted by Gasteiger charge is -2.06. The molecular weight excluding hydrogens is 252 g/mol. The van der Waals surface area contributed by atoms with Crippen molar-refractivity contribution in [3.05, 3.63) is 46.8 Å². The Morgan fingerprint density at radius 1 is 1.35 bits per heavy atom. The van der Waals surface area contributed by atoms with Crippen molar-refractivity contribution < 1.29 is 4.52 Å². The molecule has 0 amide bonds. The van der Waals surface area contributed by atoms with Crippen LogP contribution in [0.25, 0.3) is 0 Å². The monoisotopic (exact) mass is 272 g/mol. The Morgan fingerprint density at radius 2 is 2.15 bits per heavy atom. The maximum Gasteiger partial charge on any atom is 0.193 e. The summed E-state index contributed by atoms with van der Waals surface area (Å²) in [7, 11) is 0. The van der Waals surface area contributed by atoms with Crippen LogP contribution in [-0.4, -0.2) is 17.7 Å². The van der Waals surface area contributed by atoms with Gasteiger partial charge in [-0.25, -0.2) is 0 Å². The van der Waals surface area contributed by atoms with Crippen LogP contribution in [0.1, 0.15) is 22.6 Å². The summed E-state index contributed by atoms with van der Waals surface area (Å²) < 4.78 is 5.12. The van der Waals surface area contributed by atoms with Crippen molar-refractivity contribution in [2.45, 2.75) is 27.2 Å². The second-order valence-electron chi connectivity index (χ2n) is 4.81. The van der Waals surface area contributed by atoms with Crippen LogP contribution >= 0.6 is 0 Å². The zero-order valence-corrected chi connectivity index (χ0v) is 12.1. The average molecular weight is 272 g/mol. The first kappa shape index (κ1) is 14.1. The standard InChI is InChI=1S/C15H20N4O/c1-10-5-4-6-13(9-10)18-15(16)17-8-7-14-11(2)19-20-12(14)3/h4-6,9H,7-8H2,1-3H3,(H3,16,17,18). The van der Waals surface area contributed by atoms with Crippen LogP contribution in [0.4, 0.5) is 5.69 Å². The average Bonchev–Trinajstić information content (AvgIpc) is 2.70. The third-order valence-electron chi connectivity index (χ3n) is 3.12. The Kier molecular flexibility index (Phi) is 4.40. The van der Waals surface area contributed by atoms with Gasteiger partial charge in [0, 0.05) is 17.8 Å². The normalized spacial score (nSPS) is 11.7. The number of aryl methyl sites for hydroxylation is 3. The van der Waals surface area contributed by atoms with Crippen molar-refractivity contribution in [2.75, 3.05) is 11.9 Å². The summed E-state index contributed by atoms with van der Waals surface area (Å²) in [6, 6.07) is 8.01. The van der Waals surface area contributed by atoms with Gasteiger partial charge in [-0.1, -0.05) is 17.3 Å². The van der Waals surface area contributed by atoms with E-state index in [1.54, 1.807) is 0 Å². The molecule has 20 heavy (non-hydrogen) atoms. The quantitative estimate of drug-likeness (QED) is 0.662. The molecule has 0 saturated carbocycles. The number of aliphatic imine (C=N–C) groups is 1. The molecule has 0 bridgehead atoms. The molecule has 1 aromatic carbocycles. The van der Waals surface area contributed by atoms with Crippen LogP contribution in [0.15, 0.2) is 33.8 Å². The van der Waals surface area contributed by atoms with Gasteiger partial charge in [0.1, 0.15) is 5.76 Å². The van der Waals surface area contributed by atoms with Gasteiger partial charge in [-0.15, -0.1) is 0 Å². The van der Waals surface area contributed by atoms with Crippen molar-refractivity contribution >= 4 is 11.6 Å². The van der Waals surface area contributed by atoms with Gasteiger partial charge in [0.2, 0.25) is 0 Å². The first-order chi connectivity index (χ1) is 9.56. The maximum absolute atomic E-state index is 5.87. The molecule has 0 atom stereocenters. The first-order valence-corrected chi connectivity index (χ1v) is 6.61. The number of aromatic nitrogens is 1. The molecule has 3 N–H and O–H groups in total. The Labute approximate surface area is 118 Å². The number of hydrogen-bond donors (Lipinski definition) is 2. The highest BCUT2D eigenvalue weighted by atomic mass is 16.5. The highest BCUT2D eigenvalue weighted by Gasteiger charge is 2.07. The number of hydrogen-bond acceptors (Lipinski definition) is 3. The Morgan fingerprint density at radius 3 is 2.80 bits per heavy atom. The molecule has 1 heterocycles. The van der Waals surface area contributed by atoms with Gasteiger partial charge in [0.15, 0.2) is 5.96 Å². The summed E-state index contributed by atoms with van der Waals surface area (Å²) >= 11 is 0. The van der Waals surface area contributed by atoms with E-state index < -0.39 is 0 Å². The van der Waals surface area contributed by atoms with Crippen LogP contribution < -0.4 is 11.1 Å². The number of nitrogens with zero attached hydrogens (tertiary/aromatic N) is 2. The highest BCUT2D eigenvalue weighted by molar-refractivity contribution is 5.92. The zero-order valence-electron chi connectivity index (χ0n) is 12.1. The SMILES string of the molecule is Cc1cccc(NC(N)=NCCc2c(C)noc2C)c1. The van der Waals surface area contributed by atoms with Crippen LogP contribution in [-0.2, 0) is 6.42 Å². The van der Waals surface area contributed by atoms with Gasteiger partial charge in [0.25, 0.3) is 0 Å². The third-order valence-corrected chi connectivity index (χ3v) is 3.12. The summed E-state index contributed by atoms with van der Waals surface area (Å²) in [4.78, 5) is 4.32. The summed E-state index contributed by atoms with van der Waals surface area (Å²) in [5, 5.41) is 7.00.